The Hall–Kier alpha value is -1.91. The van der Waals surface area contributed by atoms with E-state index in [9.17, 15) is 4.79 Å². The quantitative estimate of drug-likeness (QED) is 0.898. The molecular formula is C17H15Cl2NO3. The summed E-state index contributed by atoms with van der Waals surface area (Å²) in [4.78, 5) is 12.4. The minimum atomic E-state index is -0.304. The van der Waals surface area contributed by atoms with Crippen LogP contribution in [0.4, 0.5) is 0 Å². The summed E-state index contributed by atoms with van der Waals surface area (Å²) in [6, 6.07) is 10.1. The number of nitrogens with one attached hydrogen (secondary N) is 1. The third kappa shape index (κ3) is 3.38. The van der Waals surface area contributed by atoms with Crippen molar-refractivity contribution in [3.8, 4) is 11.5 Å². The Morgan fingerprint density at radius 2 is 1.74 bits per heavy atom. The number of fused-ring (bicyclic) bond motifs is 1. The molecule has 1 atom stereocenters. The van der Waals surface area contributed by atoms with Gasteiger partial charge in [-0.05, 0) is 30.7 Å². The maximum absolute atomic E-state index is 12.4. The number of benzene rings is 2. The number of hydrogen-bond donors (Lipinski definition) is 1. The van der Waals surface area contributed by atoms with E-state index in [1.54, 1.807) is 36.4 Å². The van der Waals surface area contributed by atoms with Crippen molar-refractivity contribution in [1.82, 2.24) is 5.32 Å². The Kier molecular flexibility index (Phi) is 4.64. The van der Waals surface area contributed by atoms with Gasteiger partial charge in [-0.15, -0.1) is 0 Å². The third-order valence-electron chi connectivity index (χ3n) is 3.59. The molecule has 2 aromatic rings. The fraction of sp³-hybridized carbons (Fsp3) is 0.235. The van der Waals surface area contributed by atoms with Crippen LogP contribution >= 0.6 is 23.2 Å². The van der Waals surface area contributed by atoms with Gasteiger partial charge in [-0.2, -0.15) is 0 Å². The van der Waals surface area contributed by atoms with E-state index in [1.165, 1.54) is 0 Å². The summed E-state index contributed by atoms with van der Waals surface area (Å²) in [6.45, 7) is 2.85. The van der Waals surface area contributed by atoms with E-state index < -0.39 is 0 Å². The van der Waals surface area contributed by atoms with Crippen LogP contribution in [0.1, 0.15) is 28.9 Å². The van der Waals surface area contributed by atoms with Crippen LogP contribution in [0.2, 0.25) is 10.0 Å². The van der Waals surface area contributed by atoms with Gasteiger partial charge in [0, 0.05) is 11.1 Å². The Morgan fingerprint density at radius 1 is 1.09 bits per heavy atom. The van der Waals surface area contributed by atoms with E-state index in [-0.39, 0.29) is 11.9 Å². The molecular weight excluding hydrogens is 337 g/mol. The molecule has 0 spiro atoms. The number of carbonyl (C=O) groups excluding carboxylic acids is 1. The highest BCUT2D eigenvalue weighted by Crippen LogP contribution is 2.37. The van der Waals surface area contributed by atoms with Crippen LogP contribution in [0.5, 0.6) is 11.5 Å². The summed E-state index contributed by atoms with van der Waals surface area (Å²) in [7, 11) is 0. The molecule has 0 saturated heterocycles. The van der Waals surface area contributed by atoms with Gasteiger partial charge in [-0.25, -0.2) is 0 Å². The molecule has 0 fully saturated rings. The molecule has 1 aliphatic heterocycles. The number of ether oxygens (including phenoxy) is 2. The molecule has 0 aromatic heterocycles. The molecule has 1 heterocycles. The Balaban J connectivity index is 1.82. The first kappa shape index (κ1) is 16.0. The molecule has 6 heteroatoms. The SMILES string of the molecule is C[C@@H](NC(=O)c1ccccc1Cl)c1cc2c(cc1Cl)OCCO2. The lowest BCUT2D eigenvalue weighted by Gasteiger charge is -2.22. The van der Waals surface area contributed by atoms with Crippen molar-refractivity contribution in [2.24, 2.45) is 0 Å². The van der Waals surface area contributed by atoms with Crippen LogP contribution in [0.15, 0.2) is 36.4 Å². The molecule has 0 bridgehead atoms. The number of carbonyl (C=O) groups is 1. The average molecular weight is 352 g/mol. The first-order valence-corrected chi connectivity index (χ1v) is 7.96. The van der Waals surface area contributed by atoms with Gasteiger partial charge in [-0.3, -0.25) is 4.79 Å². The van der Waals surface area contributed by atoms with Gasteiger partial charge >= 0.3 is 0 Å². The molecule has 0 aliphatic carbocycles. The zero-order valence-corrected chi connectivity index (χ0v) is 13.9. The zero-order chi connectivity index (χ0) is 16.4. The van der Waals surface area contributed by atoms with Gasteiger partial charge in [0.2, 0.25) is 0 Å². The lowest BCUT2D eigenvalue weighted by atomic mass is 10.1. The molecule has 3 rings (SSSR count). The predicted molar refractivity (Wildman–Crippen MR) is 89.8 cm³/mol. The molecule has 0 saturated carbocycles. The second kappa shape index (κ2) is 6.69. The molecule has 1 amide bonds. The Morgan fingerprint density at radius 3 is 2.43 bits per heavy atom. The minimum absolute atomic E-state index is 0.256. The lowest BCUT2D eigenvalue weighted by molar-refractivity contribution is 0.0940. The van der Waals surface area contributed by atoms with E-state index in [2.05, 4.69) is 5.32 Å². The molecule has 1 aliphatic rings. The molecule has 0 unspecified atom stereocenters. The fourth-order valence-corrected chi connectivity index (χ4v) is 2.95. The van der Waals surface area contributed by atoms with Crippen LogP contribution < -0.4 is 14.8 Å². The van der Waals surface area contributed by atoms with Crippen LogP contribution in [0, 0.1) is 0 Å². The summed E-state index contributed by atoms with van der Waals surface area (Å²) in [5.74, 6) is 0.998. The summed E-state index contributed by atoms with van der Waals surface area (Å²) in [5.41, 5.74) is 1.19. The minimum Gasteiger partial charge on any atom is -0.486 e. The molecule has 1 N–H and O–H groups in total. The van der Waals surface area contributed by atoms with Gasteiger partial charge in [0.15, 0.2) is 11.5 Å². The molecule has 4 nitrogen and oxygen atoms in total. The van der Waals surface area contributed by atoms with E-state index in [0.29, 0.717) is 40.3 Å². The summed E-state index contributed by atoms with van der Waals surface area (Å²) in [5, 5.41) is 3.82. The predicted octanol–water partition coefficient (Wildman–Crippen LogP) is 4.26. The fourth-order valence-electron chi connectivity index (χ4n) is 2.41. The molecule has 2 aromatic carbocycles. The van der Waals surface area contributed by atoms with Gasteiger partial charge < -0.3 is 14.8 Å². The number of hydrogen-bond acceptors (Lipinski definition) is 3. The second-order valence-electron chi connectivity index (χ2n) is 5.19. The van der Waals surface area contributed by atoms with Crippen LogP contribution in [0.25, 0.3) is 0 Å². The van der Waals surface area contributed by atoms with Crippen molar-refractivity contribution in [2.75, 3.05) is 13.2 Å². The summed E-state index contributed by atoms with van der Waals surface area (Å²) >= 11 is 12.4. The first-order valence-electron chi connectivity index (χ1n) is 7.20. The normalized spacial score (nSPS) is 14.2. The molecule has 120 valence electrons. The summed E-state index contributed by atoms with van der Waals surface area (Å²) in [6.07, 6.45) is 0. The number of halogens is 2. The van der Waals surface area contributed by atoms with Crippen molar-refractivity contribution in [1.29, 1.82) is 0 Å². The zero-order valence-electron chi connectivity index (χ0n) is 12.4. The molecule has 0 radical (unpaired) electrons. The third-order valence-corrected chi connectivity index (χ3v) is 4.25. The maximum atomic E-state index is 12.4. The second-order valence-corrected chi connectivity index (χ2v) is 6.01. The number of amides is 1. The highest BCUT2D eigenvalue weighted by molar-refractivity contribution is 6.34. The Bertz CT molecular complexity index is 749. The van der Waals surface area contributed by atoms with Crippen LogP contribution in [-0.4, -0.2) is 19.1 Å². The van der Waals surface area contributed by atoms with Crippen molar-refractivity contribution < 1.29 is 14.3 Å². The lowest BCUT2D eigenvalue weighted by Crippen LogP contribution is -2.27. The van der Waals surface area contributed by atoms with Crippen LogP contribution in [-0.2, 0) is 0 Å². The molecule has 23 heavy (non-hydrogen) atoms. The topological polar surface area (TPSA) is 47.6 Å². The van der Waals surface area contributed by atoms with Gasteiger partial charge in [0.05, 0.1) is 16.6 Å². The van der Waals surface area contributed by atoms with Gasteiger partial charge in [0.1, 0.15) is 13.2 Å². The Labute approximate surface area is 144 Å². The monoisotopic (exact) mass is 351 g/mol. The first-order chi connectivity index (χ1) is 11.1. The largest absolute Gasteiger partial charge is 0.486 e. The smallest absolute Gasteiger partial charge is 0.253 e. The highest BCUT2D eigenvalue weighted by Gasteiger charge is 2.20. The highest BCUT2D eigenvalue weighted by atomic mass is 35.5. The summed E-state index contributed by atoms with van der Waals surface area (Å²) < 4.78 is 11.1. The van der Waals surface area contributed by atoms with Crippen molar-refractivity contribution in [2.45, 2.75) is 13.0 Å². The standard InChI is InChI=1S/C17H15Cl2NO3/c1-10(20-17(21)11-4-2-3-5-13(11)18)12-8-15-16(9-14(12)19)23-7-6-22-15/h2-5,8-10H,6-7H2,1H3,(H,20,21)/t10-/m1/s1. The van der Waals surface area contributed by atoms with Crippen molar-refractivity contribution >= 4 is 29.1 Å². The van der Waals surface area contributed by atoms with E-state index in [4.69, 9.17) is 32.7 Å². The number of rotatable bonds is 3. The van der Waals surface area contributed by atoms with Crippen LogP contribution in [0.3, 0.4) is 0 Å². The van der Waals surface area contributed by atoms with Crippen molar-refractivity contribution in [3.63, 3.8) is 0 Å². The average Bonchev–Trinajstić information content (AvgIpc) is 2.54. The van der Waals surface area contributed by atoms with E-state index in [0.717, 1.165) is 5.56 Å². The van der Waals surface area contributed by atoms with Crippen molar-refractivity contribution in [3.05, 3.63) is 57.6 Å². The van der Waals surface area contributed by atoms with Gasteiger partial charge in [-0.1, -0.05) is 35.3 Å². The van der Waals surface area contributed by atoms with E-state index in [1.807, 2.05) is 6.92 Å². The maximum Gasteiger partial charge on any atom is 0.253 e. The van der Waals surface area contributed by atoms with E-state index >= 15 is 0 Å². The van der Waals surface area contributed by atoms with Gasteiger partial charge in [0.25, 0.3) is 5.91 Å².